The van der Waals surface area contributed by atoms with Gasteiger partial charge in [0.1, 0.15) is 0 Å². The molecule has 1 heterocycles. The van der Waals surface area contributed by atoms with Crippen LogP contribution in [0.2, 0.25) is 5.15 Å². The van der Waals surface area contributed by atoms with Gasteiger partial charge < -0.3 is 9.84 Å². The van der Waals surface area contributed by atoms with Crippen molar-refractivity contribution in [2.75, 3.05) is 7.11 Å². The molecule has 0 saturated heterocycles. The minimum atomic E-state index is -0.402. The first-order chi connectivity index (χ1) is 12.0. The van der Waals surface area contributed by atoms with Crippen LogP contribution in [0.1, 0.15) is 53.7 Å². The second-order valence-electron chi connectivity index (χ2n) is 6.76. The van der Waals surface area contributed by atoms with Gasteiger partial charge in [0.2, 0.25) is 0 Å². The van der Waals surface area contributed by atoms with Crippen molar-refractivity contribution in [3.63, 3.8) is 0 Å². The monoisotopic (exact) mass is 362 g/mol. The van der Waals surface area contributed by atoms with E-state index < -0.39 is 5.97 Å². The highest BCUT2D eigenvalue weighted by Gasteiger charge is 2.23. The van der Waals surface area contributed by atoms with Gasteiger partial charge >= 0.3 is 5.97 Å². The average Bonchev–Trinajstić information content (AvgIpc) is 3.13. The fourth-order valence-electron chi connectivity index (χ4n) is 3.57. The number of esters is 1. The van der Waals surface area contributed by atoms with E-state index in [0.29, 0.717) is 46.2 Å². The van der Waals surface area contributed by atoms with Gasteiger partial charge in [0.05, 0.1) is 35.5 Å². The molecule has 1 aromatic heterocycles. The number of aliphatic hydroxyl groups excluding tert-OH is 1. The van der Waals surface area contributed by atoms with Crippen LogP contribution in [-0.4, -0.2) is 34.3 Å². The number of nitrogens with zero attached hydrogens (tertiary/aromatic N) is 2. The van der Waals surface area contributed by atoms with Gasteiger partial charge in [0.15, 0.2) is 5.15 Å². The second kappa shape index (κ2) is 7.67. The Bertz CT molecular complexity index is 788. The molecule has 1 atom stereocenters. The average molecular weight is 363 g/mol. The van der Waals surface area contributed by atoms with Gasteiger partial charge in [0, 0.05) is 0 Å². The predicted molar refractivity (Wildman–Crippen MR) is 96.9 cm³/mol. The third-order valence-electron chi connectivity index (χ3n) is 5.06. The van der Waals surface area contributed by atoms with Crippen molar-refractivity contribution in [2.45, 2.75) is 51.6 Å². The largest absolute Gasteiger partial charge is 0.465 e. The number of halogens is 1. The minimum Gasteiger partial charge on any atom is -0.465 e. The number of rotatable bonds is 5. The summed E-state index contributed by atoms with van der Waals surface area (Å²) in [5.74, 6) is -0.00173. The quantitative estimate of drug-likeness (QED) is 0.817. The van der Waals surface area contributed by atoms with Crippen molar-refractivity contribution in [3.05, 3.63) is 34.1 Å². The Balaban J connectivity index is 1.82. The molecule has 2 aromatic rings. The Morgan fingerprint density at radius 1 is 1.32 bits per heavy atom. The number of carbonyl (C=O) groups excluding carboxylic acids is 1. The molecule has 6 heteroatoms. The van der Waals surface area contributed by atoms with E-state index in [1.807, 2.05) is 13.0 Å². The van der Waals surface area contributed by atoms with Crippen LogP contribution in [0.25, 0.3) is 11.0 Å². The van der Waals surface area contributed by atoms with E-state index in [-0.39, 0.29) is 6.10 Å². The summed E-state index contributed by atoms with van der Waals surface area (Å²) in [7, 11) is 1.35. The molecule has 134 valence electrons. The van der Waals surface area contributed by atoms with Crippen molar-refractivity contribution < 1.29 is 14.6 Å². The van der Waals surface area contributed by atoms with Gasteiger partial charge in [0.25, 0.3) is 0 Å². The first-order valence-corrected chi connectivity index (χ1v) is 9.10. The zero-order chi connectivity index (χ0) is 18.0. The summed E-state index contributed by atoms with van der Waals surface area (Å²) in [6.45, 7) is 1.84. The number of benzene rings is 1. The molecule has 25 heavy (non-hydrogen) atoms. The molecule has 1 aromatic carbocycles. The SMILES string of the molecule is COC(=O)c1cc2nc(Cl)c(CCC(O)C3CCCC3)nc2cc1C. The standard InChI is InChI=1S/C19H23ClN2O3/c1-11-9-15-16(10-13(11)19(24)25-2)22-18(20)14(21-15)7-8-17(23)12-5-3-4-6-12/h9-10,12,17,23H,3-8H2,1-2H3. The van der Waals surface area contributed by atoms with E-state index in [4.69, 9.17) is 16.3 Å². The van der Waals surface area contributed by atoms with Gasteiger partial charge in [-0.25, -0.2) is 14.8 Å². The highest BCUT2D eigenvalue weighted by molar-refractivity contribution is 6.30. The number of methoxy groups -OCH3 is 1. The van der Waals surface area contributed by atoms with E-state index in [1.54, 1.807) is 6.07 Å². The fraction of sp³-hybridized carbons (Fsp3) is 0.526. The summed E-state index contributed by atoms with van der Waals surface area (Å²) in [5.41, 5.74) is 3.20. The molecule has 1 saturated carbocycles. The van der Waals surface area contributed by atoms with Gasteiger partial charge in [-0.1, -0.05) is 24.4 Å². The highest BCUT2D eigenvalue weighted by Crippen LogP contribution is 2.30. The molecular formula is C19H23ClN2O3. The van der Waals surface area contributed by atoms with E-state index in [2.05, 4.69) is 9.97 Å². The highest BCUT2D eigenvalue weighted by atomic mass is 35.5. The van der Waals surface area contributed by atoms with Crippen molar-refractivity contribution in [1.82, 2.24) is 9.97 Å². The summed E-state index contributed by atoms with van der Waals surface area (Å²) in [4.78, 5) is 20.8. The Morgan fingerprint density at radius 3 is 2.68 bits per heavy atom. The molecule has 1 unspecified atom stereocenters. The fourth-order valence-corrected chi connectivity index (χ4v) is 3.80. The summed E-state index contributed by atoms with van der Waals surface area (Å²) >= 11 is 6.28. The Kier molecular flexibility index (Phi) is 5.54. The third kappa shape index (κ3) is 3.93. The molecule has 1 aliphatic carbocycles. The van der Waals surface area contributed by atoms with Gasteiger partial charge in [-0.2, -0.15) is 0 Å². The van der Waals surface area contributed by atoms with Crippen LogP contribution < -0.4 is 0 Å². The van der Waals surface area contributed by atoms with Gasteiger partial charge in [-0.3, -0.25) is 0 Å². The summed E-state index contributed by atoms with van der Waals surface area (Å²) in [6.07, 6.45) is 5.56. The van der Waals surface area contributed by atoms with Crippen molar-refractivity contribution in [1.29, 1.82) is 0 Å². The number of hydrogen-bond acceptors (Lipinski definition) is 5. The molecule has 0 radical (unpaired) electrons. The number of aryl methyl sites for hydroxylation is 2. The lowest BCUT2D eigenvalue weighted by Gasteiger charge is -2.17. The van der Waals surface area contributed by atoms with E-state index in [0.717, 1.165) is 18.4 Å². The normalized spacial score (nSPS) is 16.3. The topological polar surface area (TPSA) is 72.3 Å². The molecule has 5 nitrogen and oxygen atoms in total. The maximum atomic E-state index is 11.8. The minimum absolute atomic E-state index is 0.306. The lowest BCUT2D eigenvalue weighted by Crippen LogP contribution is -2.18. The molecular weight excluding hydrogens is 340 g/mol. The van der Waals surface area contributed by atoms with Crippen LogP contribution in [0.4, 0.5) is 0 Å². The van der Waals surface area contributed by atoms with Crippen molar-refractivity contribution >= 4 is 28.6 Å². The molecule has 1 aliphatic rings. The smallest absolute Gasteiger partial charge is 0.338 e. The number of aromatic nitrogens is 2. The van der Waals surface area contributed by atoms with E-state index in [9.17, 15) is 9.90 Å². The second-order valence-corrected chi connectivity index (χ2v) is 7.12. The lowest BCUT2D eigenvalue weighted by molar-refractivity contribution is 0.0600. The molecule has 0 spiro atoms. The van der Waals surface area contributed by atoms with Crippen LogP contribution in [0.15, 0.2) is 12.1 Å². The maximum absolute atomic E-state index is 11.8. The summed E-state index contributed by atoms with van der Waals surface area (Å²) < 4.78 is 4.79. The van der Waals surface area contributed by atoms with Crippen LogP contribution >= 0.6 is 11.6 Å². The van der Waals surface area contributed by atoms with Crippen LogP contribution in [-0.2, 0) is 11.2 Å². The summed E-state index contributed by atoms with van der Waals surface area (Å²) in [6, 6.07) is 3.48. The number of fused-ring (bicyclic) bond motifs is 1. The van der Waals surface area contributed by atoms with E-state index >= 15 is 0 Å². The zero-order valence-corrected chi connectivity index (χ0v) is 15.3. The molecule has 0 bridgehead atoms. The predicted octanol–water partition coefficient (Wildman–Crippen LogP) is 3.86. The Hall–Kier alpha value is -1.72. The Morgan fingerprint density at radius 2 is 2.00 bits per heavy atom. The first kappa shape index (κ1) is 18.1. The number of hydrogen-bond donors (Lipinski definition) is 1. The maximum Gasteiger partial charge on any atom is 0.338 e. The molecule has 0 aliphatic heterocycles. The van der Waals surface area contributed by atoms with E-state index in [1.165, 1.54) is 20.0 Å². The summed E-state index contributed by atoms with van der Waals surface area (Å²) in [5, 5.41) is 10.7. The van der Waals surface area contributed by atoms with Crippen molar-refractivity contribution in [2.24, 2.45) is 5.92 Å². The first-order valence-electron chi connectivity index (χ1n) is 8.72. The van der Waals surface area contributed by atoms with Gasteiger partial charge in [-0.15, -0.1) is 0 Å². The molecule has 0 amide bonds. The lowest BCUT2D eigenvalue weighted by atomic mass is 9.96. The number of aliphatic hydroxyl groups is 1. The van der Waals surface area contributed by atoms with Gasteiger partial charge in [-0.05, 0) is 56.2 Å². The molecule has 1 fully saturated rings. The van der Waals surface area contributed by atoms with Crippen LogP contribution in [0.3, 0.4) is 0 Å². The van der Waals surface area contributed by atoms with Crippen molar-refractivity contribution in [3.8, 4) is 0 Å². The Labute approximate surface area is 152 Å². The van der Waals surface area contributed by atoms with Crippen LogP contribution in [0.5, 0.6) is 0 Å². The zero-order valence-electron chi connectivity index (χ0n) is 14.6. The third-order valence-corrected chi connectivity index (χ3v) is 5.36. The molecule has 1 N–H and O–H groups in total. The number of carbonyl (C=O) groups is 1. The molecule has 3 rings (SSSR count). The van der Waals surface area contributed by atoms with Crippen LogP contribution in [0, 0.1) is 12.8 Å². The number of ether oxygens (including phenoxy) is 1.